The first kappa shape index (κ1) is 15.2. The summed E-state index contributed by atoms with van der Waals surface area (Å²) >= 11 is 0. The van der Waals surface area contributed by atoms with Crippen molar-refractivity contribution in [1.29, 1.82) is 0 Å². The Balaban J connectivity index is 2.15. The summed E-state index contributed by atoms with van der Waals surface area (Å²) in [5.41, 5.74) is -1.55. The number of aliphatic carboxylic acids is 1. The normalized spacial score (nSPS) is 20.9. The minimum absolute atomic E-state index is 0.0816. The van der Waals surface area contributed by atoms with Gasteiger partial charge >= 0.3 is 5.97 Å². The SMILES string of the molecule is CC1(C(=O)O)CCCN1C(=O)c1cc(=O)[nH]c2cc(F)ccc12. The van der Waals surface area contributed by atoms with Gasteiger partial charge in [0, 0.05) is 18.0 Å². The smallest absolute Gasteiger partial charge is 0.329 e. The van der Waals surface area contributed by atoms with Gasteiger partial charge in [0.15, 0.2) is 0 Å². The number of amides is 1. The van der Waals surface area contributed by atoms with Crippen LogP contribution in [0.1, 0.15) is 30.1 Å². The number of aromatic amines is 1. The molecule has 0 spiro atoms. The van der Waals surface area contributed by atoms with E-state index in [1.165, 1.54) is 24.0 Å². The van der Waals surface area contributed by atoms with Crippen LogP contribution in [0.4, 0.5) is 4.39 Å². The highest BCUT2D eigenvalue weighted by Gasteiger charge is 2.46. The molecular formula is C16H15FN2O4. The number of hydrogen-bond acceptors (Lipinski definition) is 3. The second-order valence-corrected chi connectivity index (χ2v) is 5.88. The van der Waals surface area contributed by atoms with Gasteiger partial charge < -0.3 is 15.0 Å². The van der Waals surface area contributed by atoms with Crippen molar-refractivity contribution in [2.75, 3.05) is 6.54 Å². The van der Waals surface area contributed by atoms with E-state index in [1.54, 1.807) is 0 Å². The number of halogens is 1. The Morgan fingerprint density at radius 3 is 2.78 bits per heavy atom. The van der Waals surface area contributed by atoms with Crippen molar-refractivity contribution in [3.63, 3.8) is 0 Å². The van der Waals surface area contributed by atoms with Gasteiger partial charge in [0.2, 0.25) is 5.56 Å². The van der Waals surface area contributed by atoms with E-state index in [1.807, 2.05) is 0 Å². The molecule has 2 N–H and O–H groups in total. The number of carbonyl (C=O) groups excluding carboxylic acids is 1. The number of nitrogens with one attached hydrogen (secondary N) is 1. The lowest BCUT2D eigenvalue weighted by Gasteiger charge is -2.31. The molecule has 0 saturated carbocycles. The topological polar surface area (TPSA) is 90.5 Å². The van der Waals surface area contributed by atoms with Crippen molar-refractivity contribution in [2.45, 2.75) is 25.3 Å². The van der Waals surface area contributed by atoms with Gasteiger partial charge in [-0.25, -0.2) is 9.18 Å². The Bertz CT molecular complexity index is 876. The fraction of sp³-hybridized carbons (Fsp3) is 0.312. The largest absolute Gasteiger partial charge is 0.480 e. The summed E-state index contributed by atoms with van der Waals surface area (Å²) in [6.45, 7) is 1.80. The van der Waals surface area contributed by atoms with Gasteiger partial charge in [-0.3, -0.25) is 9.59 Å². The van der Waals surface area contributed by atoms with E-state index in [4.69, 9.17) is 0 Å². The third-order valence-corrected chi connectivity index (χ3v) is 4.38. The Hall–Kier alpha value is -2.70. The molecule has 3 rings (SSSR count). The number of fused-ring (bicyclic) bond motifs is 1. The van der Waals surface area contributed by atoms with Crippen LogP contribution in [-0.4, -0.2) is 39.0 Å². The molecule has 1 unspecified atom stereocenters. The summed E-state index contributed by atoms with van der Waals surface area (Å²) in [4.78, 5) is 39.9. The van der Waals surface area contributed by atoms with Crippen molar-refractivity contribution in [1.82, 2.24) is 9.88 Å². The summed E-state index contributed by atoms with van der Waals surface area (Å²) in [6, 6.07) is 4.86. The fourth-order valence-electron chi connectivity index (χ4n) is 3.07. The lowest BCUT2D eigenvalue weighted by molar-refractivity contribution is -0.147. The van der Waals surface area contributed by atoms with Crippen molar-refractivity contribution in [3.05, 3.63) is 46.0 Å². The molecule has 1 aliphatic heterocycles. The van der Waals surface area contributed by atoms with E-state index >= 15 is 0 Å². The molecule has 1 saturated heterocycles. The number of rotatable bonds is 2. The summed E-state index contributed by atoms with van der Waals surface area (Å²) < 4.78 is 13.3. The molecule has 0 aliphatic carbocycles. The van der Waals surface area contributed by atoms with Crippen molar-refractivity contribution in [2.24, 2.45) is 0 Å². The molecule has 2 heterocycles. The van der Waals surface area contributed by atoms with Gasteiger partial charge in [-0.15, -0.1) is 0 Å². The van der Waals surface area contributed by atoms with Gasteiger partial charge in [0.1, 0.15) is 11.4 Å². The second-order valence-electron chi connectivity index (χ2n) is 5.88. The molecule has 23 heavy (non-hydrogen) atoms. The average Bonchev–Trinajstić information content (AvgIpc) is 2.88. The standard InChI is InChI=1S/C16H15FN2O4/c1-16(15(22)23)5-2-6-19(16)14(21)11-8-13(20)18-12-7-9(17)3-4-10(11)12/h3-4,7-8H,2,5-6H2,1H3,(H,18,20)(H,22,23). The predicted octanol–water partition coefficient (Wildman–Crippen LogP) is 1.75. The first-order valence-corrected chi connectivity index (χ1v) is 7.21. The number of aromatic nitrogens is 1. The Morgan fingerprint density at radius 2 is 2.09 bits per heavy atom. The van der Waals surface area contributed by atoms with Crippen LogP contribution in [0.3, 0.4) is 0 Å². The summed E-state index contributed by atoms with van der Waals surface area (Å²) in [5.74, 6) is -2.15. The average molecular weight is 318 g/mol. The number of likely N-dealkylation sites (tertiary alicyclic amines) is 1. The molecule has 1 aromatic carbocycles. The quantitative estimate of drug-likeness (QED) is 0.882. The molecular weight excluding hydrogens is 303 g/mol. The number of H-pyrrole nitrogens is 1. The Morgan fingerprint density at radius 1 is 1.35 bits per heavy atom. The van der Waals surface area contributed by atoms with Crippen molar-refractivity contribution < 1.29 is 19.1 Å². The van der Waals surface area contributed by atoms with Gasteiger partial charge in [-0.2, -0.15) is 0 Å². The van der Waals surface area contributed by atoms with Crippen molar-refractivity contribution in [3.8, 4) is 0 Å². The molecule has 2 aromatic rings. The maximum Gasteiger partial charge on any atom is 0.329 e. The van der Waals surface area contributed by atoms with E-state index in [9.17, 15) is 23.9 Å². The lowest BCUT2D eigenvalue weighted by Crippen LogP contribution is -2.50. The molecule has 1 fully saturated rings. The van der Waals surface area contributed by atoms with Crippen LogP contribution in [0.15, 0.2) is 29.1 Å². The number of benzene rings is 1. The zero-order valence-electron chi connectivity index (χ0n) is 12.4. The Kier molecular flexibility index (Phi) is 3.43. The fourth-order valence-corrected chi connectivity index (χ4v) is 3.07. The number of carboxylic acids is 1. The molecule has 120 valence electrons. The van der Waals surface area contributed by atoms with Crippen LogP contribution < -0.4 is 5.56 Å². The zero-order valence-corrected chi connectivity index (χ0v) is 12.4. The maximum atomic E-state index is 13.3. The van der Waals surface area contributed by atoms with Crippen LogP contribution in [0, 0.1) is 5.82 Å². The first-order chi connectivity index (χ1) is 10.8. The summed E-state index contributed by atoms with van der Waals surface area (Å²) in [7, 11) is 0. The summed E-state index contributed by atoms with van der Waals surface area (Å²) in [5, 5.41) is 9.82. The highest BCUT2D eigenvalue weighted by Crippen LogP contribution is 2.31. The molecule has 7 heteroatoms. The maximum absolute atomic E-state index is 13.3. The molecule has 1 amide bonds. The van der Waals surface area contributed by atoms with Crippen LogP contribution in [0.25, 0.3) is 10.9 Å². The molecule has 0 bridgehead atoms. The molecule has 1 aromatic heterocycles. The van der Waals surface area contributed by atoms with E-state index in [-0.39, 0.29) is 11.1 Å². The second kappa shape index (κ2) is 5.19. The van der Waals surface area contributed by atoms with Crippen LogP contribution >= 0.6 is 0 Å². The number of carbonyl (C=O) groups is 2. The summed E-state index contributed by atoms with van der Waals surface area (Å²) in [6.07, 6.45) is 0.925. The molecule has 6 nitrogen and oxygen atoms in total. The number of nitrogens with zero attached hydrogens (tertiary/aromatic N) is 1. The first-order valence-electron chi connectivity index (χ1n) is 7.21. The highest BCUT2D eigenvalue weighted by atomic mass is 19.1. The van der Waals surface area contributed by atoms with Crippen LogP contribution in [0.2, 0.25) is 0 Å². The van der Waals surface area contributed by atoms with E-state index in [0.717, 1.165) is 12.1 Å². The molecule has 1 atom stereocenters. The Labute approximate surface area is 130 Å². The minimum Gasteiger partial charge on any atom is -0.480 e. The predicted molar refractivity (Wildman–Crippen MR) is 80.8 cm³/mol. The van der Waals surface area contributed by atoms with Crippen LogP contribution in [0.5, 0.6) is 0 Å². The zero-order chi connectivity index (χ0) is 16.8. The number of pyridine rings is 1. The van der Waals surface area contributed by atoms with Gasteiger partial charge in [0.25, 0.3) is 5.91 Å². The van der Waals surface area contributed by atoms with E-state index in [2.05, 4.69) is 4.98 Å². The van der Waals surface area contributed by atoms with E-state index in [0.29, 0.717) is 24.8 Å². The molecule has 0 radical (unpaired) electrons. The van der Waals surface area contributed by atoms with Crippen LogP contribution in [-0.2, 0) is 4.79 Å². The lowest BCUT2D eigenvalue weighted by atomic mass is 9.98. The van der Waals surface area contributed by atoms with Gasteiger partial charge in [0.05, 0.1) is 11.1 Å². The third-order valence-electron chi connectivity index (χ3n) is 4.38. The molecule has 1 aliphatic rings. The van der Waals surface area contributed by atoms with E-state index < -0.39 is 28.8 Å². The van der Waals surface area contributed by atoms with Gasteiger partial charge in [-0.1, -0.05) is 0 Å². The number of hydrogen-bond donors (Lipinski definition) is 2. The minimum atomic E-state index is -1.30. The highest BCUT2D eigenvalue weighted by molar-refractivity contribution is 6.07. The monoisotopic (exact) mass is 318 g/mol. The van der Waals surface area contributed by atoms with Gasteiger partial charge in [-0.05, 0) is 38.0 Å². The number of carboxylic acid groups (broad SMARTS) is 1. The van der Waals surface area contributed by atoms with Crippen molar-refractivity contribution >= 4 is 22.8 Å². The third kappa shape index (κ3) is 2.38.